The van der Waals surface area contributed by atoms with E-state index in [1.807, 2.05) is 44.2 Å². The van der Waals surface area contributed by atoms with Gasteiger partial charge in [0, 0.05) is 10.4 Å². The van der Waals surface area contributed by atoms with E-state index in [1.165, 1.54) is 0 Å². The van der Waals surface area contributed by atoms with Gasteiger partial charge in [-0.2, -0.15) is 0 Å². The van der Waals surface area contributed by atoms with E-state index in [2.05, 4.69) is 5.32 Å². The number of carbonyl (C=O) groups is 1. The Hall–Kier alpha value is -2.46. The zero-order valence-electron chi connectivity index (χ0n) is 13.5. The zero-order chi connectivity index (χ0) is 17.1. The highest BCUT2D eigenvalue weighted by atomic mass is 35.5. The molecule has 2 aromatic carbocycles. The topological polar surface area (TPSA) is 51.5 Å². The number of aryl methyl sites for hydroxylation is 1. The largest absolute Gasteiger partial charge is 0.484 e. The molecule has 0 saturated carbocycles. The van der Waals surface area contributed by atoms with E-state index in [1.54, 1.807) is 18.2 Å². The van der Waals surface area contributed by atoms with Crippen molar-refractivity contribution in [1.82, 2.24) is 5.32 Å². The molecule has 5 heteroatoms. The summed E-state index contributed by atoms with van der Waals surface area (Å²) in [6.45, 7) is 3.70. The Kier molecular flexibility index (Phi) is 4.76. The molecule has 124 valence electrons. The third kappa shape index (κ3) is 3.71. The van der Waals surface area contributed by atoms with Gasteiger partial charge in [0.2, 0.25) is 0 Å². The molecule has 0 radical (unpaired) electrons. The van der Waals surface area contributed by atoms with Crippen LogP contribution in [-0.4, -0.2) is 12.5 Å². The van der Waals surface area contributed by atoms with Crippen LogP contribution in [0.1, 0.15) is 24.3 Å². The quantitative estimate of drug-likeness (QED) is 0.733. The van der Waals surface area contributed by atoms with E-state index in [4.69, 9.17) is 20.8 Å². The highest BCUT2D eigenvalue weighted by molar-refractivity contribution is 6.31. The summed E-state index contributed by atoms with van der Waals surface area (Å²) in [6.07, 6.45) is 0. The second-order valence-electron chi connectivity index (χ2n) is 5.68. The second kappa shape index (κ2) is 6.97. The highest BCUT2D eigenvalue weighted by Crippen LogP contribution is 2.24. The van der Waals surface area contributed by atoms with Gasteiger partial charge < -0.3 is 14.5 Å². The van der Waals surface area contributed by atoms with E-state index < -0.39 is 0 Å². The number of carbonyl (C=O) groups excluding carboxylic acids is 1. The zero-order valence-corrected chi connectivity index (χ0v) is 14.3. The maximum absolute atomic E-state index is 12.1. The number of hydrogen-bond donors (Lipinski definition) is 1. The minimum atomic E-state index is -0.236. The Balaban J connectivity index is 1.58. The molecule has 1 amide bonds. The molecule has 24 heavy (non-hydrogen) atoms. The first-order chi connectivity index (χ1) is 11.5. The first kappa shape index (κ1) is 16.4. The number of benzene rings is 2. The summed E-state index contributed by atoms with van der Waals surface area (Å²) in [5.41, 5.74) is 1.71. The van der Waals surface area contributed by atoms with Crippen molar-refractivity contribution >= 4 is 28.5 Å². The molecule has 0 saturated heterocycles. The molecule has 1 heterocycles. The highest BCUT2D eigenvalue weighted by Gasteiger charge is 2.14. The summed E-state index contributed by atoms with van der Waals surface area (Å²) in [5.74, 6) is 1.12. The van der Waals surface area contributed by atoms with Crippen molar-refractivity contribution in [3.63, 3.8) is 0 Å². The molecule has 1 atom stereocenters. The number of nitrogens with one attached hydrogen (secondary N) is 1. The van der Waals surface area contributed by atoms with Crippen molar-refractivity contribution in [3.8, 4) is 5.75 Å². The van der Waals surface area contributed by atoms with Crippen molar-refractivity contribution in [2.45, 2.75) is 19.9 Å². The Morgan fingerprint density at radius 2 is 2.04 bits per heavy atom. The lowest BCUT2D eigenvalue weighted by Crippen LogP contribution is -2.31. The Bertz CT molecular complexity index is 839. The van der Waals surface area contributed by atoms with Crippen LogP contribution in [-0.2, 0) is 4.79 Å². The number of halogens is 1. The second-order valence-corrected chi connectivity index (χ2v) is 6.08. The van der Waals surface area contributed by atoms with Crippen molar-refractivity contribution in [1.29, 1.82) is 0 Å². The SMILES string of the molecule is Cc1cc(OCC(=O)N[C@H](C)c2cc3ccccc3o2)ccc1Cl. The van der Waals surface area contributed by atoms with E-state index in [-0.39, 0.29) is 18.6 Å². The van der Waals surface area contributed by atoms with Gasteiger partial charge in [-0.1, -0.05) is 29.8 Å². The third-order valence-corrected chi connectivity index (χ3v) is 4.17. The van der Waals surface area contributed by atoms with Crippen LogP contribution >= 0.6 is 11.6 Å². The smallest absolute Gasteiger partial charge is 0.258 e. The first-order valence-electron chi connectivity index (χ1n) is 7.70. The number of rotatable bonds is 5. The Morgan fingerprint density at radius 3 is 2.79 bits per heavy atom. The standard InChI is InChI=1S/C19H18ClNO3/c1-12-9-15(7-8-16(12)20)23-11-19(22)21-13(2)18-10-14-5-3-4-6-17(14)24-18/h3-10,13H,11H2,1-2H3,(H,21,22)/t13-/m1/s1. The minimum absolute atomic E-state index is 0.0638. The monoisotopic (exact) mass is 343 g/mol. The lowest BCUT2D eigenvalue weighted by atomic mass is 10.2. The summed E-state index contributed by atoms with van der Waals surface area (Å²) < 4.78 is 11.3. The van der Waals surface area contributed by atoms with Crippen LogP contribution in [0.25, 0.3) is 11.0 Å². The molecule has 3 rings (SSSR count). The molecule has 0 spiro atoms. The predicted octanol–water partition coefficient (Wildman–Crippen LogP) is 4.65. The first-order valence-corrected chi connectivity index (χ1v) is 8.07. The molecule has 4 nitrogen and oxygen atoms in total. The molecule has 0 aliphatic heterocycles. The van der Waals surface area contributed by atoms with Crippen LogP contribution in [0, 0.1) is 6.92 Å². The number of para-hydroxylation sites is 1. The molecule has 1 N–H and O–H groups in total. The fraction of sp³-hybridized carbons (Fsp3) is 0.211. The van der Waals surface area contributed by atoms with Crippen LogP contribution < -0.4 is 10.1 Å². The van der Waals surface area contributed by atoms with Gasteiger partial charge in [0.25, 0.3) is 5.91 Å². The van der Waals surface area contributed by atoms with Crippen LogP contribution in [0.15, 0.2) is 52.9 Å². The van der Waals surface area contributed by atoms with Crippen molar-refractivity contribution in [2.24, 2.45) is 0 Å². The summed E-state index contributed by atoms with van der Waals surface area (Å²) in [4.78, 5) is 12.1. The van der Waals surface area contributed by atoms with Crippen molar-refractivity contribution in [3.05, 3.63) is 64.9 Å². The minimum Gasteiger partial charge on any atom is -0.484 e. The molecule has 0 aliphatic carbocycles. The number of hydrogen-bond acceptors (Lipinski definition) is 3. The van der Waals surface area contributed by atoms with Crippen LogP contribution in [0.2, 0.25) is 5.02 Å². The van der Waals surface area contributed by atoms with Crippen molar-refractivity contribution in [2.75, 3.05) is 6.61 Å². The molecule has 1 aromatic heterocycles. The van der Waals surface area contributed by atoms with Gasteiger partial charge in [-0.3, -0.25) is 4.79 Å². The molecular formula is C19H18ClNO3. The summed E-state index contributed by atoms with van der Waals surface area (Å²) in [5, 5.41) is 4.56. The average molecular weight is 344 g/mol. The normalized spacial score (nSPS) is 12.1. The predicted molar refractivity (Wildman–Crippen MR) is 94.5 cm³/mol. The van der Waals surface area contributed by atoms with E-state index >= 15 is 0 Å². The maximum Gasteiger partial charge on any atom is 0.258 e. The lowest BCUT2D eigenvalue weighted by molar-refractivity contribution is -0.123. The van der Waals surface area contributed by atoms with E-state index in [9.17, 15) is 4.79 Å². The summed E-state index contributed by atoms with van der Waals surface area (Å²) in [6, 6.07) is 14.7. The average Bonchev–Trinajstić information content (AvgIpc) is 3.00. The third-order valence-electron chi connectivity index (χ3n) is 3.75. The molecule has 0 fully saturated rings. The van der Waals surface area contributed by atoms with Gasteiger partial charge in [-0.25, -0.2) is 0 Å². The lowest BCUT2D eigenvalue weighted by Gasteiger charge is -2.12. The number of amides is 1. The van der Waals surface area contributed by atoms with Crippen LogP contribution in [0.3, 0.4) is 0 Å². The van der Waals surface area contributed by atoms with Gasteiger partial charge in [-0.05, 0) is 49.7 Å². The van der Waals surface area contributed by atoms with Gasteiger partial charge >= 0.3 is 0 Å². The number of ether oxygens (including phenoxy) is 1. The van der Waals surface area contributed by atoms with Gasteiger partial charge in [-0.15, -0.1) is 0 Å². The van der Waals surface area contributed by atoms with E-state index in [0.29, 0.717) is 16.5 Å². The Morgan fingerprint density at radius 1 is 1.25 bits per heavy atom. The number of furan rings is 1. The fourth-order valence-electron chi connectivity index (χ4n) is 2.43. The molecule has 3 aromatic rings. The summed E-state index contributed by atoms with van der Waals surface area (Å²) in [7, 11) is 0. The van der Waals surface area contributed by atoms with Gasteiger partial charge in [0.05, 0.1) is 6.04 Å². The van der Waals surface area contributed by atoms with Crippen LogP contribution in [0.4, 0.5) is 0 Å². The number of fused-ring (bicyclic) bond motifs is 1. The molecule has 0 aliphatic rings. The van der Waals surface area contributed by atoms with Crippen molar-refractivity contribution < 1.29 is 13.9 Å². The van der Waals surface area contributed by atoms with E-state index in [0.717, 1.165) is 16.5 Å². The molecule has 0 unspecified atom stereocenters. The van der Waals surface area contributed by atoms with Gasteiger partial charge in [0.15, 0.2) is 6.61 Å². The van der Waals surface area contributed by atoms with Crippen LogP contribution in [0.5, 0.6) is 5.75 Å². The van der Waals surface area contributed by atoms with Gasteiger partial charge in [0.1, 0.15) is 17.1 Å². The molecule has 0 bridgehead atoms. The fourth-order valence-corrected chi connectivity index (χ4v) is 2.54. The Labute approximate surface area is 145 Å². The maximum atomic E-state index is 12.1. The molecular weight excluding hydrogens is 326 g/mol. The summed E-state index contributed by atoms with van der Waals surface area (Å²) >= 11 is 5.97.